The second-order valence-corrected chi connectivity index (χ2v) is 9.37. The summed E-state index contributed by atoms with van der Waals surface area (Å²) in [6.07, 6.45) is 1.54. The number of carbonyl (C=O) groups excluding carboxylic acids is 2. The molecule has 0 saturated carbocycles. The highest BCUT2D eigenvalue weighted by atomic mass is 35.5. The molecule has 168 valence electrons. The van der Waals surface area contributed by atoms with Crippen LogP contribution in [0.15, 0.2) is 48.5 Å². The van der Waals surface area contributed by atoms with Gasteiger partial charge >= 0.3 is 0 Å². The van der Waals surface area contributed by atoms with Gasteiger partial charge in [0.1, 0.15) is 6.04 Å². The van der Waals surface area contributed by atoms with Crippen LogP contribution in [0.2, 0.25) is 10.0 Å². The third-order valence-electron chi connectivity index (χ3n) is 5.15. The Morgan fingerprint density at radius 3 is 2.45 bits per heavy atom. The molecule has 0 radical (unpaired) electrons. The van der Waals surface area contributed by atoms with Crippen molar-refractivity contribution in [3.8, 4) is 0 Å². The minimum Gasteiger partial charge on any atom is -0.352 e. The number of amides is 2. The van der Waals surface area contributed by atoms with E-state index in [9.17, 15) is 9.59 Å². The summed E-state index contributed by atoms with van der Waals surface area (Å²) in [6, 6.07) is 14.9. The molecule has 0 spiro atoms. The number of benzene rings is 2. The van der Waals surface area contributed by atoms with Crippen molar-refractivity contribution in [1.82, 2.24) is 10.2 Å². The summed E-state index contributed by atoms with van der Waals surface area (Å²) in [5.41, 5.74) is 2.07. The van der Waals surface area contributed by atoms with E-state index >= 15 is 0 Å². The molecule has 0 aliphatic rings. The first kappa shape index (κ1) is 25.6. The van der Waals surface area contributed by atoms with Gasteiger partial charge in [-0.15, -0.1) is 11.8 Å². The average Bonchev–Trinajstić information content (AvgIpc) is 2.75. The molecule has 2 atom stereocenters. The normalized spacial score (nSPS) is 12.8. The fourth-order valence-corrected chi connectivity index (χ4v) is 4.47. The van der Waals surface area contributed by atoms with Crippen molar-refractivity contribution < 1.29 is 9.59 Å². The number of nitrogens with zero attached hydrogens (tertiary/aromatic N) is 1. The number of nitrogens with one attached hydrogen (secondary N) is 1. The predicted octanol–water partition coefficient (Wildman–Crippen LogP) is 5.60. The average molecular weight is 481 g/mol. The Kier molecular flexibility index (Phi) is 10.7. The highest BCUT2D eigenvalue weighted by Gasteiger charge is 2.26. The molecule has 0 aliphatic carbocycles. The van der Waals surface area contributed by atoms with Gasteiger partial charge in [-0.05, 0) is 49.9 Å². The minimum absolute atomic E-state index is 0.0576. The van der Waals surface area contributed by atoms with Crippen molar-refractivity contribution in [3.05, 3.63) is 69.7 Å². The monoisotopic (exact) mass is 480 g/mol. The standard InChI is InChI=1S/C24H30Cl2N2O2S/c1-4-17(2)27-24(30)18(3)28(13-12-19-8-6-5-7-9-19)23(29)16-31-15-20-10-11-21(25)14-22(20)26/h5-11,14,17-18H,4,12-13,15-16H2,1-3H3,(H,27,30)/t17-,18+/m1/s1. The third-order valence-corrected chi connectivity index (χ3v) is 6.70. The molecule has 7 heteroatoms. The summed E-state index contributed by atoms with van der Waals surface area (Å²) in [5, 5.41) is 4.17. The number of rotatable bonds is 11. The van der Waals surface area contributed by atoms with Crippen molar-refractivity contribution in [1.29, 1.82) is 0 Å². The Morgan fingerprint density at radius 1 is 1.10 bits per heavy atom. The maximum absolute atomic E-state index is 13.1. The van der Waals surface area contributed by atoms with Gasteiger partial charge in [-0.2, -0.15) is 0 Å². The van der Waals surface area contributed by atoms with E-state index in [4.69, 9.17) is 23.2 Å². The van der Waals surface area contributed by atoms with E-state index in [1.54, 1.807) is 24.0 Å². The molecule has 0 heterocycles. The lowest BCUT2D eigenvalue weighted by Gasteiger charge is -2.29. The van der Waals surface area contributed by atoms with Crippen LogP contribution in [0.1, 0.15) is 38.3 Å². The molecule has 0 saturated heterocycles. The van der Waals surface area contributed by atoms with Gasteiger partial charge in [0.2, 0.25) is 11.8 Å². The van der Waals surface area contributed by atoms with E-state index in [-0.39, 0.29) is 23.6 Å². The van der Waals surface area contributed by atoms with Crippen LogP contribution in [0.25, 0.3) is 0 Å². The molecule has 2 amide bonds. The molecule has 0 aliphatic heterocycles. The molecule has 31 heavy (non-hydrogen) atoms. The summed E-state index contributed by atoms with van der Waals surface area (Å²) in [4.78, 5) is 27.4. The molecule has 0 unspecified atom stereocenters. The maximum atomic E-state index is 13.1. The van der Waals surface area contributed by atoms with Crippen molar-refractivity contribution in [2.75, 3.05) is 12.3 Å². The van der Waals surface area contributed by atoms with Gasteiger partial charge in [-0.25, -0.2) is 0 Å². The first-order valence-electron chi connectivity index (χ1n) is 10.5. The molecule has 4 nitrogen and oxygen atoms in total. The second-order valence-electron chi connectivity index (χ2n) is 7.55. The van der Waals surface area contributed by atoms with E-state index in [1.807, 2.05) is 50.2 Å². The highest BCUT2D eigenvalue weighted by Crippen LogP contribution is 2.25. The van der Waals surface area contributed by atoms with Gasteiger partial charge in [-0.1, -0.05) is 66.5 Å². The highest BCUT2D eigenvalue weighted by molar-refractivity contribution is 7.99. The molecule has 2 rings (SSSR count). The molecule has 2 aromatic rings. The summed E-state index contributed by atoms with van der Waals surface area (Å²) < 4.78 is 0. The smallest absolute Gasteiger partial charge is 0.242 e. The summed E-state index contributed by atoms with van der Waals surface area (Å²) in [7, 11) is 0. The number of hydrogen-bond donors (Lipinski definition) is 1. The molecular formula is C24H30Cl2N2O2S. The Balaban J connectivity index is 2.02. The van der Waals surface area contributed by atoms with Crippen LogP contribution < -0.4 is 5.32 Å². The van der Waals surface area contributed by atoms with Crippen LogP contribution in [0.3, 0.4) is 0 Å². The minimum atomic E-state index is -0.537. The fourth-order valence-electron chi connectivity index (χ4n) is 3.01. The molecule has 1 N–H and O–H groups in total. The zero-order valence-corrected chi connectivity index (χ0v) is 20.6. The Labute approximate surface area is 199 Å². The molecular weight excluding hydrogens is 451 g/mol. The first-order valence-corrected chi connectivity index (χ1v) is 12.4. The second kappa shape index (κ2) is 13.0. The molecule has 0 fully saturated rings. The number of halogens is 2. The lowest BCUT2D eigenvalue weighted by atomic mass is 10.1. The third kappa shape index (κ3) is 8.40. The fraction of sp³-hybridized carbons (Fsp3) is 0.417. The summed E-state index contributed by atoms with van der Waals surface area (Å²) in [5.74, 6) is 0.690. The molecule has 2 aromatic carbocycles. The Bertz CT molecular complexity index is 864. The van der Waals surface area contributed by atoms with E-state index < -0.39 is 6.04 Å². The maximum Gasteiger partial charge on any atom is 0.242 e. The van der Waals surface area contributed by atoms with Crippen LogP contribution in [-0.2, 0) is 21.8 Å². The van der Waals surface area contributed by atoms with Gasteiger partial charge in [0.05, 0.1) is 5.75 Å². The zero-order chi connectivity index (χ0) is 22.8. The van der Waals surface area contributed by atoms with Crippen LogP contribution in [0.5, 0.6) is 0 Å². The van der Waals surface area contributed by atoms with Crippen LogP contribution >= 0.6 is 35.0 Å². The van der Waals surface area contributed by atoms with Gasteiger partial charge < -0.3 is 10.2 Å². The lowest BCUT2D eigenvalue weighted by molar-refractivity contribution is -0.138. The number of thioether (sulfide) groups is 1. The summed E-state index contributed by atoms with van der Waals surface area (Å²) >= 11 is 13.7. The van der Waals surface area contributed by atoms with Gasteiger partial charge in [-0.3, -0.25) is 9.59 Å². The SMILES string of the molecule is CC[C@@H](C)NC(=O)[C@H](C)N(CCc1ccccc1)C(=O)CSCc1ccc(Cl)cc1Cl. The largest absolute Gasteiger partial charge is 0.352 e. The van der Waals surface area contributed by atoms with E-state index in [0.717, 1.165) is 17.5 Å². The number of carbonyl (C=O) groups is 2. The van der Waals surface area contributed by atoms with Crippen LogP contribution in [0, 0.1) is 0 Å². The number of hydrogen-bond acceptors (Lipinski definition) is 3. The van der Waals surface area contributed by atoms with Gasteiger partial charge in [0.15, 0.2) is 0 Å². The van der Waals surface area contributed by atoms with Gasteiger partial charge in [0.25, 0.3) is 0 Å². The Hall–Kier alpha value is -1.69. The zero-order valence-electron chi connectivity index (χ0n) is 18.2. The van der Waals surface area contributed by atoms with E-state index in [1.165, 1.54) is 11.8 Å². The lowest BCUT2D eigenvalue weighted by Crippen LogP contribution is -2.51. The van der Waals surface area contributed by atoms with Crippen LogP contribution in [-0.4, -0.2) is 41.1 Å². The molecule has 0 aromatic heterocycles. The van der Waals surface area contributed by atoms with Crippen molar-refractivity contribution in [3.63, 3.8) is 0 Å². The van der Waals surface area contributed by atoms with Gasteiger partial charge in [0, 0.05) is 28.4 Å². The molecule has 0 bridgehead atoms. The quantitative estimate of drug-likeness (QED) is 0.455. The first-order chi connectivity index (χ1) is 14.8. The van der Waals surface area contributed by atoms with Crippen molar-refractivity contribution in [2.24, 2.45) is 0 Å². The van der Waals surface area contributed by atoms with Crippen molar-refractivity contribution >= 4 is 46.8 Å². The predicted molar refractivity (Wildman–Crippen MR) is 132 cm³/mol. The van der Waals surface area contributed by atoms with E-state index in [0.29, 0.717) is 28.8 Å². The topological polar surface area (TPSA) is 49.4 Å². The summed E-state index contributed by atoms with van der Waals surface area (Å²) in [6.45, 7) is 6.26. The Morgan fingerprint density at radius 2 is 1.81 bits per heavy atom. The van der Waals surface area contributed by atoms with E-state index in [2.05, 4.69) is 5.32 Å². The van der Waals surface area contributed by atoms with Crippen molar-refractivity contribution in [2.45, 2.75) is 51.4 Å². The van der Waals surface area contributed by atoms with Crippen LogP contribution in [0.4, 0.5) is 0 Å².